The third-order valence-corrected chi connectivity index (χ3v) is 4.16. The van der Waals surface area contributed by atoms with Crippen LogP contribution in [-0.4, -0.2) is 43.7 Å². The highest BCUT2D eigenvalue weighted by atomic mass is 16.5. The molecule has 0 saturated carbocycles. The molecule has 4 heterocycles. The van der Waals surface area contributed by atoms with E-state index in [1.165, 1.54) is 0 Å². The molecule has 8 heteroatoms. The molecule has 1 aliphatic heterocycles. The van der Waals surface area contributed by atoms with Gasteiger partial charge < -0.3 is 20.4 Å². The summed E-state index contributed by atoms with van der Waals surface area (Å²) in [6, 6.07) is 5.65. The molecule has 3 aromatic heterocycles. The first-order valence-corrected chi connectivity index (χ1v) is 7.97. The van der Waals surface area contributed by atoms with Crippen molar-refractivity contribution in [3.8, 4) is 0 Å². The minimum absolute atomic E-state index is 0.0444. The van der Waals surface area contributed by atoms with Gasteiger partial charge in [-0.1, -0.05) is 6.07 Å². The van der Waals surface area contributed by atoms with E-state index in [1.807, 2.05) is 18.2 Å². The van der Waals surface area contributed by atoms with Crippen molar-refractivity contribution in [1.82, 2.24) is 24.9 Å². The van der Waals surface area contributed by atoms with Crippen LogP contribution >= 0.6 is 0 Å². The number of hydrogen-bond acceptors (Lipinski definition) is 7. The fourth-order valence-electron chi connectivity index (χ4n) is 2.70. The van der Waals surface area contributed by atoms with Crippen molar-refractivity contribution in [2.75, 3.05) is 23.8 Å². The number of imidazole rings is 1. The molecule has 4 rings (SSSR count). The van der Waals surface area contributed by atoms with Crippen LogP contribution in [-0.2, 0) is 4.74 Å². The summed E-state index contributed by atoms with van der Waals surface area (Å²) >= 11 is 0. The van der Waals surface area contributed by atoms with E-state index >= 15 is 0 Å². The van der Waals surface area contributed by atoms with Crippen molar-refractivity contribution in [2.45, 2.75) is 25.3 Å². The zero-order valence-corrected chi connectivity index (χ0v) is 13.4. The second kappa shape index (κ2) is 6.04. The largest absolute Gasteiger partial charge is 0.381 e. The van der Waals surface area contributed by atoms with Gasteiger partial charge in [0.15, 0.2) is 5.65 Å². The van der Waals surface area contributed by atoms with E-state index in [0.717, 1.165) is 37.4 Å². The van der Waals surface area contributed by atoms with Crippen molar-refractivity contribution in [3.63, 3.8) is 0 Å². The van der Waals surface area contributed by atoms with Gasteiger partial charge in [0, 0.05) is 24.9 Å². The number of hydrogen-bond donors (Lipinski definition) is 3. The average Bonchev–Trinajstić information content (AvgIpc) is 2.97. The lowest BCUT2D eigenvalue weighted by Crippen LogP contribution is -2.41. The number of aromatic amines is 1. The highest BCUT2D eigenvalue weighted by Gasteiger charge is 2.28. The van der Waals surface area contributed by atoms with Gasteiger partial charge in [-0.2, -0.15) is 9.97 Å². The molecule has 0 radical (unpaired) electrons. The smallest absolute Gasteiger partial charge is 0.225 e. The number of fused-ring (bicyclic) bond motifs is 1. The van der Waals surface area contributed by atoms with Crippen molar-refractivity contribution in [2.24, 2.45) is 0 Å². The first kappa shape index (κ1) is 14.8. The quantitative estimate of drug-likeness (QED) is 0.677. The topological polar surface area (TPSA) is 101 Å². The van der Waals surface area contributed by atoms with Crippen LogP contribution in [0.1, 0.15) is 19.8 Å². The zero-order valence-electron chi connectivity index (χ0n) is 13.4. The van der Waals surface area contributed by atoms with E-state index < -0.39 is 0 Å². The van der Waals surface area contributed by atoms with Crippen LogP contribution in [0.2, 0.25) is 0 Å². The SMILES string of the molecule is CC1(Nc2ncc3[nH]c(Nc4ccccn4)nc3n2)CCOCC1. The molecule has 0 bridgehead atoms. The maximum atomic E-state index is 5.42. The molecule has 3 aromatic rings. The van der Waals surface area contributed by atoms with Crippen LogP contribution in [0.5, 0.6) is 0 Å². The second-order valence-electron chi connectivity index (χ2n) is 6.15. The van der Waals surface area contributed by atoms with Crippen LogP contribution in [0.3, 0.4) is 0 Å². The third-order valence-electron chi connectivity index (χ3n) is 4.16. The predicted molar refractivity (Wildman–Crippen MR) is 91.3 cm³/mol. The molecule has 0 unspecified atom stereocenters. The molecular formula is C16H19N7O. The van der Waals surface area contributed by atoms with Gasteiger partial charge in [-0.25, -0.2) is 9.97 Å². The van der Waals surface area contributed by atoms with Crippen molar-refractivity contribution in [1.29, 1.82) is 0 Å². The average molecular weight is 325 g/mol. The molecule has 0 atom stereocenters. The number of anilines is 3. The number of ether oxygens (including phenoxy) is 1. The molecule has 124 valence electrons. The van der Waals surface area contributed by atoms with Crippen molar-refractivity contribution in [3.05, 3.63) is 30.6 Å². The molecule has 3 N–H and O–H groups in total. The lowest BCUT2D eigenvalue weighted by Gasteiger charge is -2.34. The summed E-state index contributed by atoms with van der Waals surface area (Å²) in [4.78, 5) is 20.7. The summed E-state index contributed by atoms with van der Waals surface area (Å²) in [5, 5.41) is 6.54. The maximum absolute atomic E-state index is 5.42. The molecule has 0 amide bonds. The summed E-state index contributed by atoms with van der Waals surface area (Å²) in [5.41, 5.74) is 1.34. The second-order valence-corrected chi connectivity index (χ2v) is 6.15. The molecule has 1 fully saturated rings. The number of aromatic nitrogens is 5. The molecule has 0 aromatic carbocycles. The predicted octanol–water partition coefficient (Wildman–Crippen LogP) is 2.47. The highest BCUT2D eigenvalue weighted by molar-refractivity contribution is 5.74. The van der Waals surface area contributed by atoms with E-state index in [1.54, 1.807) is 12.4 Å². The Morgan fingerprint density at radius 2 is 2.04 bits per heavy atom. The fourth-order valence-corrected chi connectivity index (χ4v) is 2.70. The Labute approximate surface area is 139 Å². The standard InChI is InChI=1S/C16H19N7O/c1-16(5-8-24-9-6-16)23-14-18-10-11-13(21-14)22-15(19-11)20-12-4-2-3-7-17-12/h2-4,7,10H,5-6,8-9H2,1H3,(H3,17,18,19,20,21,22,23). The van der Waals surface area contributed by atoms with E-state index in [0.29, 0.717) is 17.5 Å². The Morgan fingerprint density at radius 1 is 1.17 bits per heavy atom. The minimum atomic E-state index is -0.0444. The minimum Gasteiger partial charge on any atom is -0.381 e. The maximum Gasteiger partial charge on any atom is 0.225 e. The summed E-state index contributed by atoms with van der Waals surface area (Å²) in [6.45, 7) is 3.68. The van der Waals surface area contributed by atoms with E-state index in [-0.39, 0.29) is 5.54 Å². The lowest BCUT2D eigenvalue weighted by molar-refractivity contribution is 0.0656. The van der Waals surface area contributed by atoms with Gasteiger partial charge in [0.1, 0.15) is 11.3 Å². The fraction of sp³-hybridized carbons (Fsp3) is 0.375. The van der Waals surface area contributed by atoms with E-state index in [2.05, 4.69) is 42.5 Å². The number of pyridine rings is 1. The van der Waals surface area contributed by atoms with Gasteiger partial charge in [-0.05, 0) is 31.9 Å². The Kier molecular flexibility index (Phi) is 3.73. The number of nitrogens with one attached hydrogen (secondary N) is 3. The molecular weight excluding hydrogens is 306 g/mol. The van der Waals surface area contributed by atoms with Crippen LogP contribution in [0, 0.1) is 0 Å². The Balaban J connectivity index is 1.55. The summed E-state index contributed by atoms with van der Waals surface area (Å²) in [5.74, 6) is 1.90. The van der Waals surface area contributed by atoms with Crippen LogP contribution in [0.25, 0.3) is 11.2 Å². The summed E-state index contributed by atoms with van der Waals surface area (Å²) in [6.07, 6.45) is 5.33. The molecule has 0 spiro atoms. The van der Waals surface area contributed by atoms with E-state index in [9.17, 15) is 0 Å². The van der Waals surface area contributed by atoms with Gasteiger partial charge in [-0.3, -0.25) is 0 Å². The monoisotopic (exact) mass is 325 g/mol. The molecule has 24 heavy (non-hydrogen) atoms. The first-order chi connectivity index (χ1) is 11.7. The Morgan fingerprint density at radius 3 is 2.83 bits per heavy atom. The molecule has 0 aliphatic carbocycles. The van der Waals surface area contributed by atoms with E-state index in [4.69, 9.17) is 4.74 Å². The number of H-pyrrole nitrogens is 1. The normalized spacial score (nSPS) is 16.9. The van der Waals surface area contributed by atoms with Gasteiger partial charge in [-0.15, -0.1) is 0 Å². The number of nitrogens with zero attached hydrogens (tertiary/aromatic N) is 4. The number of rotatable bonds is 4. The van der Waals surface area contributed by atoms with Gasteiger partial charge >= 0.3 is 0 Å². The molecule has 1 saturated heterocycles. The Bertz CT molecular complexity index is 827. The van der Waals surface area contributed by atoms with Gasteiger partial charge in [0.2, 0.25) is 11.9 Å². The third kappa shape index (κ3) is 3.13. The van der Waals surface area contributed by atoms with Crippen LogP contribution < -0.4 is 10.6 Å². The molecule has 8 nitrogen and oxygen atoms in total. The lowest BCUT2D eigenvalue weighted by atomic mass is 9.93. The van der Waals surface area contributed by atoms with Crippen LogP contribution in [0.15, 0.2) is 30.6 Å². The zero-order chi connectivity index (χ0) is 16.4. The van der Waals surface area contributed by atoms with Crippen molar-refractivity contribution < 1.29 is 4.74 Å². The first-order valence-electron chi connectivity index (χ1n) is 7.97. The van der Waals surface area contributed by atoms with Gasteiger partial charge in [0.25, 0.3) is 0 Å². The Hall–Kier alpha value is -2.74. The molecule has 1 aliphatic rings. The van der Waals surface area contributed by atoms with Crippen molar-refractivity contribution >= 4 is 28.9 Å². The summed E-state index contributed by atoms with van der Waals surface area (Å²) in [7, 11) is 0. The van der Waals surface area contributed by atoms with Gasteiger partial charge in [0.05, 0.1) is 6.20 Å². The highest BCUT2D eigenvalue weighted by Crippen LogP contribution is 2.24. The van der Waals surface area contributed by atoms with Crippen LogP contribution in [0.4, 0.5) is 17.7 Å². The summed E-state index contributed by atoms with van der Waals surface area (Å²) < 4.78 is 5.42.